The fourth-order valence-electron chi connectivity index (χ4n) is 3.20. The molecule has 7 nitrogen and oxygen atoms in total. The van der Waals surface area contributed by atoms with Crippen molar-refractivity contribution < 1.29 is 23.4 Å². The van der Waals surface area contributed by atoms with Crippen LogP contribution in [0.5, 0.6) is 17.2 Å². The van der Waals surface area contributed by atoms with Crippen LogP contribution >= 0.6 is 0 Å². The van der Waals surface area contributed by atoms with Crippen LogP contribution in [0, 0.1) is 0 Å². The zero-order valence-electron chi connectivity index (χ0n) is 14.6. The average Bonchev–Trinajstić information content (AvgIpc) is 3.28. The molecule has 0 saturated carbocycles. The Morgan fingerprint density at radius 3 is 2.69 bits per heavy atom. The second kappa shape index (κ2) is 7.68. The maximum Gasteiger partial charge on any atom is 0.275 e. The molecular formula is C19H22N2O5. The van der Waals surface area contributed by atoms with Crippen molar-refractivity contribution >= 4 is 5.91 Å². The summed E-state index contributed by atoms with van der Waals surface area (Å²) in [5.41, 5.74) is 0.342. The minimum Gasteiger partial charge on any atom is -0.484 e. The van der Waals surface area contributed by atoms with Crippen molar-refractivity contribution in [1.82, 2.24) is 9.88 Å². The average molecular weight is 358 g/mol. The molecule has 0 radical (unpaired) electrons. The molecule has 1 saturated heterocycles. The third kappa shape index (κ3) is 3.76. The van der Waals surface area contributed by atoms with Gasteiger partial charge in [-0.05, 0) is 25.0 Å². The summed E-state index contributed by atoms with van der Waals surface area (Å²) in [5, 5.41) is 0. The largest absolute Gasteiger partial charge is 0.484 e. The van der Waals surface area contributed by atoms with E-state index in [9.17, 15) is 4.79 Å². The molecule has 138 valence electrons. The summed E-state index contributed by atoms with van der Waals surface area (Å²) in [5.74, 6) is 2.30. The molecule has 4 rings (SSSR count). The number of benzene rings is 1. The third-order valence-electron chi connectivity index (χ3n) is 4.62. The highest BCUT2D eigenvalue weighted by Crippen LogP contribution is 2.35. The number of hydrogen-bond acceptors (Lipinski definition) is 6. The minimum atomic E-state index is -0.0648. The van der Waals surface area contributed by atoms with Crippen molar-refractivity contribution in [2.75, 3.05) is 19.9 Å². The Balaban J connectivity index is 1.35. The van der Waals surface area contributed by atoms with Gasteiger partial charge in [-0.15, -0.1) is 0 Å². The van der Waals surface area contributed by atoms with Gasteiger partial charge in [0.2, 0.25) is 12.7 Å². The maximum atomic E-state index is 12.6. The molecule has 0 atom stereocenters. The van der Waals surface area contributed by atoms with Gasteiger partial charge >= 0.3 is 0 Å². The molecule has 26 heavy (non-hydrogen) atoms. The van der Waals surface area contributed by atoms with Crippen LogP contribution in [0.25, 0.3) is 0 Å². The molecule has 1 amide bonds. The van der Waals surface area contributed by atoms with Crippen molar-refractivity contribution in [2.45, 2.75) is 38.7 Å². The summed E-state index contributed by atoms with van der Waals surface area (Å²) < 4.78 is 21.7. The summed E-state index contributed by atoms with van der Waals surface area (Å²) in [4.78, 5) is 18.8. The molecule has 1 aromatic heterocycles. The molecule has 2 aromatic rings. The molecular weight excluding hydrogens is 336 g/mol. The summed E-state index contributed by atoms with van der Waals surface area (Å²) in [6, 6.07) is 5.35. The van der Waals surface area contributed by atoms with E-state index in [1.165, 1.54) is 25.5 Å². The Bertz CT molecular complexity index is 765. The first kappa shape index (κ1) is 16.8. The van der Waals surface area contributed by atoms with Gasteiger partial charge in [0.25, 0.3) is 5.91 Å². The highest BCUT2D eigenvalue weighted by Gasteiger charge is 2.20. The summed E-state index contributed by atoms with van der Waals surface area (Å²) in [7, 11) is 0. The molecule has 2 aliphatic rings. The van der Waals surface area contributed by atoms with Crippen LogP contribution < -0.4 is 14.2 Å². The monoisotopic (exact) mass is 358 g/mol. The number of amides is 1. The van der Waals surface area contributed by atoms with Crippen molar-refractivity contribution in [3.63, 3.8) is 0 Å². The number of oxazole rings is 1. The van der Waals surface area contributed by atoms with E-state index in [-0.39, 0.29) is 19.3 Å². The molecule has 0 N–H and O–H groups in total. The topological polar surface area (TPSA) is 74.0 Å². The molecule has 2 aliphatic heterocycles. The van der Waals surface area contributed by atoms with Gasteiger partial charge in [0.15, 0.2) is 23.8 Å². The third-order valence-corrected chi connectivity index (χ3v) is 4.62. The van der Waals surface area contributed by atoms with Crippen molar-refractivity contribution in [2.24, 2.45) is 0 Å². The van der Waals surface area contributed by atoms with Crippen LogP contribution in [-0.4, -0.2) is 35.7 Å². The van der Waals surface area contributed by atoms with Gasteiger partial charge in [0.05, 0.1) is 0 Å². The fourth-order valence-corrected chi connectivity index (χ4v) is 3.20. The predicted molar refractivity (Wildman–Crippen MR) is 92.4 cm³/mol. The quantitative estimate of drug-likeness (QED) is 0.834. The lowest BCUT2D eigenvalue weighted by Gasteiger charge is -2.23. The highest BCUT2D eigenvalue weighted by atomic mass is 16.7. The van der Waals surface area contributed by atoms with Gasteiger partial charge in [-0.3, -0.25) is 4.79 Å². The molecule has 1 aromatic carbocycles. The lowest BCUT2D eigenvalue weighted by Crippen LogP contribution is -2.34. The van der Waals surface area contributed by atoms with E-state index in [0.29, 0.717) is 28.8 Å². The van der Waals surface area contributed by atoms with E-state index in [1.807, 2.05) is 4.90 Å². The summed E-state index contributed by atoms with van der Waals surface area (Å²) in [6.45, 7) is 1.94. The standard InChI is InChI=1S/C19H22N2O5/c22-19(21-8-4-2-1-3-5-9-21)15-11-24-18(20-15)12-23-14-6-7-16-17(10-14)26-13-25-16/h6-7,10-11H,1-5,8-9,12-13H2. The Labute approximate surface area is 151 Å². The van der Waals surface area contributed by atoms with Gasteiger partial charge < -0.3 is 23.5 Å². The number of likely N-dealkylation sites (tertiary alicyclic amines) is 1. The maximum absolute atomic E-state index is 12.6. The number of hydrogen-bond donors (Lipinski definition) is 0. The van der Waals surface area contributed by atoms with E-state index in [4.69, 9.17) is 18.6 Å². The van der Waals surface area contributed by atoms with Crippen molar-refractivity contribution in [3.05, 3.63) is 36.0 Å². The zero-order valence-corrected chi connectivity index (χ0v) is 14.6. The first-order chi connectivity index (χ1) is 12.8. The van der Waals surface area contributed by atoms with Crippen LogP contribution in [0.2, 0.25) is 0 Å². The fraction of sp³-hybridized carbons (Fsp3) is 0.474. The second-order valence-corrected chi connectivity index (χ2v) is 6.49. The van der Waals surface area contributed by atoms with Gasteiger partial charge in [0.1, 0.15) is 12.0 Å². The molecule has 7 heteroatoms. The predicted octanol–water partition coefficient (Wildman–Crippen LogP) is 3.39. The Kier molecular flexibility index (Phi) is 4.95. The molecule has 1 fully saturated rings. The molecule has 0 unspecified atom stereocenters. The normalized spacial score (nSPS) is 16.8. The van der Waals surface area contributed by atoms with E-state index < -0.39 is 0 Å². The SMILES string of the molecule is O=C(c1coc(COc2ccc3c(c2)OCO3)n1)N1CCCCCCC1. The van der Waals surface area contributed by atoms with E-state index >= 15 is 0 Å². The van der Waals surface area contributed by atoms with Crippen LogP contribution in [0.15, 0.2) is 28.9 Å². The van der Waals surface area contributed by atoms with Gasteiger partial charge in [-0.2, -0.15) is 0 Å². The first-order valence-electron chi connectivity index (χ1n) is 9.06. The van der Waals surface area contributed by atoms with Crippen LogP contribution in [0.3, 0.4) is 0 Å². The van der Waals surface area contributed by atoms with Crippen LogP contribution in [0.1, 0.15) is 48.5 Å². The molecule has 3 heterocycles. The van der Waals surface area contributed by atoms with E-state index in [1.54, 1.807) is 18.2 Å². The van der Waals surface area contributed by atoms with E-state index in [0.717, 1.165) is 25.9 Å². The Morgan fingerprint density at radius 1 is 1.08 bits per heavy atom. The smallest absolute Gasteiger partial charge is 0.275 e. The summed E-state index contributed by atoms with van der Waals surface area (Å²) >= 11 is 0. The van der Waals surface area contributed by atoms with Crippen molar-refractivity contribution in [3.8, 4) is 17.2 Å². The second-order valence-electron chi connectivity index (χ2n) is 6.49. The molecule has 0 spiro atoms. The highest BCUT2D eigenvalue weighted by molar-refractivity contribution is 5.92. The number of nitrogens with zero attached hydrogens (tertiary/aromatic N) is 2. The van der Waals surface area contributed by atoms with Crippen molar-refractivity contribution in [1.29, 1.82) is 0 Å². The number of carbonyl (C=O) groups is 1. The van der Waals surface area contributed by atoms with Gasteiger partial charge in [-0.1, -0.05) is 19.3 Å². The zero-order chi connectivity index (χ0) is 17.8. The number of ether oxygens (including phenoxy) is 3. The summed E-state index contributed by atoms with van der Waals surface area (Å²) in [6.07, 6.45) is 7.12. The van der Waals surface area contributed by atoms with Gasteiger partial charge in [0, 0.05) is 19.2 Å². The number of rotatable bonds is 4. The molecule has 0 bridgehead atoms. The minimum absolute atomic E-state index is 0.0648. The van der Waals surface area contributed by atoms with Crippen LogP contribution in [-0.2, 0) is 6.61 Å². The number of fused-ring (bicyclic) bond motifs is 1. The lowest BCUT2D eigenvalue weighted by atomic mass is 10.1. The number of carbonyl (C=O) groups excluding carboxylic acids is 1. The molecule has 0 aliphatic carbocycles. The van der Waals surface area contributed by atoms with Gasteiger partial charge in [-0.25, -0.2) is 4.98 Å². The lowest BCUT2D eigenvalue weighted by molar-refractivity contribution is 0.0736. The Morgan fingerprint density at radius 2 is 1.85 bits per heavy atom. The number of aromatic nitrogens is 1. The van der Waals surface area contributed by atoms with E-state index in [2.05, 4.69) is 4.98 Å². The van der Waals surface area contributed by atoms with Crippen LogP contribution in [0.4, 0.5) is 0 Å². The Hall–Kier alpha value is -2.70. The first-order valence-corrected chi connectivity index (χ1v) is 9.06.